The number of hydrogen-bond acceptors (Lipinski definition) is 13. The molecular weight excluding hydrogens is 690 g/mol. The van der Waals surface area contributed by atoms with Gasteiger partial charge in [0.05, 0.1) is 13.4 Å². The van der Waals surface area contributed by atoms with Crippen molar-refractivity contribution in [1.29, 1.82) is 0 Å². The summed E-state index contributed by atoms with van der Waals surface area (Å²) < 4.78 is 29.7. The number of aromatic nitrogens is 4. The number of methoxy groups -OCH3 is 1. The Bertz CT molecular complexity index is 1860. The van der Waals surface area contributed by atoms with Crippen molar-refractivity contribution in [2.75, 3.05) is 25.2 Å². The van der Waals surface area contributed by atoms with Crippen LogP contribution in [0.25, 0.3) is 22.3 Å². The minimum absolute atomic E-state index is 0.0914. The van der Waals surface area contributed by atoms with Crippen molar-refractivity contribution < 1.29 is 42.9 Å². The lowest BCUT2D eigenvalue weighted by atomic mass is 9.98. The molecular formula is C34H34ClN5O9S. The molecule has 1 amide bonds. The predicted molar refractivity (Wildman–Crippen MR) is 181 cm³/mol. The van der Waals surface area contributed by atoms with Gasteiger partial charge in [0.15, 0.2) is 29.2 Å². The minimum Gasteiger partial charge on any atom is -0.467 e. The third kappa shape index (κ3) is 7.39. The molecule has 0 spiro atoms. The highest BCUT2D eigenvalue weighted by atomic mass is 35.5. The third-order valence-corrected chi connectivity index (χ3v) is 9.80. The van der Waals surface area contributed by atoms with Gasteiger partial charge in [0.25, 0.3) is 0 Å². The topological polar surface area (TPSA) is 170 Å². The van der Waals surface area contributed by atoms with E-state index in [0.717, 1.165) is 22.3 Å². The molecule has 0 bridgehead atoms. The lowest BCUT2D eigenvalue weighted by Crippen LogP contribution is -2.42. The van der Waals surface area contributed by atoms with Crippen molar-refractivity contribution in [3.8, 4) is 11.1 Å². The van der Waals surface area contributed by atoms with Crippen LogP contribution in [0.1, 0.15) is 43.5 Å². The van der Waals surface area contributed by atoms with Gasteiger partial charge in [0.1, 0.15) is 30.6 Å². The van der Waals surface area contributed by atoms with E-state index in [1.54, 1.807) is 4.57 Å². The van der Waals surface area contributed by atoms with Crippen molar-refractivity contribution in [1.82, 2.24) is 24.8 Å². The average molecular weight is 724 g/mol. The summed E-state index contributed by atoms with van der Waals surface area (Å²) in [6, 6.07) is 15.0. The molecule has 2 aliphatic rings. The Morgan fingerprint density at radius 1 is 0.960 bits per heavy atom. The zero-order valence-electron chi connectivity index (χ0n) is 27.3. The molecule has 262 valence electrons. The Hall–Kier alpha value is -4.73. The monoisotopic (exact) mass is 723 g/mol. The van der Waals surface area contributed by atoms with Crippen molar-refractivity contribution in [3.05, 3.63) is 77.5 Å². The summed E-state index contributed by atoms with van der Waals surface area (Å²) in [5, 5.41) is 2.77. The van der Waals surface area contributed by atoms with Gasteiger partial charge in [0.2, 0.25) is 0 Å². The second-order valence-electron chi connectivity index (χ2n) is 11.6. The van der Waals surface area contributed by atoms with Crippen LogP contribution in [0.2, 0.25) is 5.15 Å². The molecule has 0 radical (unpaired) electrons. The van der Waals surface area contributed by atoms with Crippen molar-refractivity contribution in [3.63, 3.8) is 0 Å². The Labute approximate surface area is 296 Å². The van der Waals surface area contributed by atoms with Gasteiger partial charge in [-0.3, -0.25) is 14.2 Å². The molecule has 6 rings (SSSR count). The van der Waals surface area contributed by atoms with Crippen LogP contribution in [-0.4, -0.2) is 93.1 Å². The highest BCUT2D eigenvalue weighted by Crippen LogP contribution is 2.44. The van der Waals surface area contributed by atoms with Crippen LogP contribution in [0.4, 0.5) is 4.79 Å². The number of amides is 1. The quantitative estimate of drug-likeness (QED) is 0.0943. The molecule has 3 heterocycles. The molecule has 1 saturated heterocycles. The Balaban J connectivity index is 1.08. The molecule has 1 aliphatic heterocycles. The Morgan fingerprint density at radius 2 is 1.62 bits per heavy atom. The molecule has 2 aromatic heterocycles. The van der Waals surface area contributed by atoms with Crippen molar-refractivity contribution in [2.24, 2.45) is 0 Å². The van der Waals surface area contributed by atoms with E-state index < -0.39 is 54.6 Å². The van der Waals surface area contributed by atoms with Crippen LogP contribution in [0, 0.1) is 0 Å². The normalized spacial score (nSPS) is 20.1. The molecule has 1 N–H and O–H groups in total. The molecule has 1 aliphatic carbocycles. The number of hydrogen-bond donors (Lipinski definition) is 1. The average Bonchev–Trinajstić information content (AvgIpc) is 3.77. The van der Waals surface area contributed by atoms with Gasteiger partial charge in [-0.2, -0.15) is 11.8 Å². The number of nitrogens with one attached hydrogen (secondary N) is 1. The zero-order valence-corrected chi connectivity index (χ0v) is 28.9. The Kier molecular flexibility index (Phi) is 10.8. The fourth-order valence-electron chi connectivity index (χ4n) is 6.30. The minimum atomic E-state index is -1.04. The maximum absolute atomic E-state index is 12.9. The number of nitrogens with zero attached hydrogens (tertiary/aromatic N) is 4. The van der Waals surface area contributed by atoms with E-state index in [1.165, 1.54) is 45.4 Å². The van der Waals surface area contributed by atoms with E-state index in [-0.39, 0.29) is 29.9 Å². The van der Waals surface area contributed by atoms with E-state index in [4.69, 9.17) is 35.3 Å². The summed E-state index contributed by atoms with van der Waals surface area (Å²) in [6.45, 7) is 2.58. The van der Waals surface area contributed by atoms with Crippen LogP contribution in [-0.2, 0) is 38.1 Å². The SMILES string of the molecule is COC(=O)C(CCSC[C@H]1O[C@@H](n2cnc3c(Cl)ncnc32)[C@H](OC(C)=O)[C@@H]1OC(C)=O)NC(=O)OCC1c2ccccc2-c2ccccc21. The first-order valence-electron chi connectivity index (χ1n) is 15.8. The highest BCUT2D eigenvalue weighted by molar-refractivity contribution is 7.99. The number of rotatable bonds is 12. The molecule has 50 heavy (non-hydrogen) atoms. The molecule has 2 aromatic carbocycles. The first-order chi connectivity index (χ1) is 24.2. The first-order valence-corrected chi connectivity index (χ1v) is 17.3. The van der Waals surface area contributed by atoms with Gasteiger partial charge in [-0.05, 0) is 34.4 Å². The van der Waals surface area contributed by atoms with Crippen LogP contribution in [0.15, 0.2) is 61.2 Å². The van der Waals surface area contributed by atoms with Crippen molar-refractivity contribution >= 4 is 58.5 Å². The standard InChI is InChI=1S/C34H34ClN5O9S/c1-18(41)47-28-26(49-32(29(28)48-19(2)42)40-17-38-27-30(35)36-16-37-31(27)40)15-50-13-12-25(33(43)45-3)39-34(44)46-14-24-22-10-6-4-8-20(22)21-9-5-7-11-23(21)24/h4-11,16-17,24-26,28-29,32H,12-15H2,1-3H3,(H,39,44)/t25?,26-,28-,29-,32-/m1/s1. The van der Waals surface area contributed by atoms with E-state index in [1.807, 2.05) is 48.5 Å². The molecule has 4 aromatic rings. The molecule has 14 nitrogen and oxygen atoms in total. The highest BCUT2D eigenvalue weighted by Gasteiger charge is 2.50. The summed E-state index contributed by atoms with van der Waals surface area (Å²) in [5.41, 5.74) is 5.00. The Morgan fingerprint density at radius 3 is 2.28 bits per heavy atom. The summed E-state index contributed by atoms with van der Waals surface area (Å²) in [4.78, 5) is 62.3. The number of ether oxygens (including phenoxy) is 5. The van der Waals surface area contributed by atoms with Gasteiger partial charge < -0.3 is 29.0 Å². The number of imidazole rings is 1. The van der Waals surface area contributed by atoms with Crippen molar-refractivity contribution in [2.45, 2.75) is 56.8 Å². The van der Waals surface area contributed by atoms with E-state index in [9.17, 15) is 19.2 Å². The smallest absolute Gasteiger partial charge is 0.407 e. The molecule has 5 atom stereocenters. The summed E-state index contributed by atoms with van der Waals surface area (Å²) in [5.74, 6) is -1.32. The van der Waals surface area contributed by atoms with Gasteiger partial charge in [-0.1, -0.05) is 60.1 Å². The van der Waals surface area contributed by atoms with E-state index in [0.29, 0.717) is 16.9 Å². The van der Waals surface area contributed by atoms with Crippen LogP contribution >= 0.6 is 23.4 Å². The summed E-state index contributed by atoms with van der Waals surface area (Å²) >= 11 is 7.57. The van der Waals surface area contributed by atoms with Crippen LogP contribution in [0.5, 0.6) is 0 Å². The van der Waals surface area contributed by atoms with Gasteiger partial charge in [-0.15, -0.1) is 0 Å². The molecule has 1 unspecified atom stereocenters. The maximum atomic E-state index is 12.9. The van der Waals surface area contributed by atoms with Crippen LogP contribution < -0.4 is 5.32 Å². The second kappa shape index (κ2) is 15.4. The lowest BCUT2D eigenvalue weighted by molar-refractivity contribution is -0.165. The lowest BCUT2D eigenvalue weighted by Gasteiger charge is -2.24. The summed E-state index contributed by atoms with van der Waals surface area (Å²) in [6.07, 6.45) is -1.55. The summed E-state index contributed by atoms with van der Waals surface area (Å²) in [7, 11) is 1.24. The van der Waals surface area contributed by atoms with E-state index in [2.05, 4.69) is 20.3 Å². The number of halogens is 1. The molecule has 16 heteroatoms. The van der Waals surface area contributed by atoms with E-state index >= 15 is 0 Å². The van der Waals surface area contributed by atoms with Gasteiger partial charge >= 0.3 is 24.0 Å². The largest absolute Gasteiger partial charge is 0.467 e. The number of carbonyl (C=O) groups is 4. The van der Waals surface area contributed by atoms with Gasteiger partial charge in [0, 0.05) is 25.5 Å². The fraction of sp³-hybridized carbons (Fsp3) is 0.382. The number of fused-ring (bicyclic) bond motifs is 4. The first kappa shape index (κ1) is 35.1. The number of esters is 3. The number of benzene rings is 2. The van der Waals surface area contributed by atoms with Crippen LogP contribution in [0.3, 0.4) is 0 Å². The maximum Gasteiger partial charge on any atom is 0.407 e. The number of thioether (sulfide) groups is 1. The number of alkyl carbamates (subject to hydrolysis) is 1. The fourth-order valence-corrected chi connectivity index (χ4v) is 7.55. The number of carbonyl (C=O) groups excluding carboxylic acids is 4. The molecule has 0 saturated carbocycles. The predicted octanol–water partition coefficient (Wildman–Crippen LogP) is 4.44. The zero-order chi connectivity index (χ0) is 35.4. The second-order valence-corrected chi connectivity index (χ2v) is 13.1. The third-order valence-electron chi connectivity index (χ3n) is 8.43. The molecule has 1 fully saturated rings. The van der Waals surface area contributed by atoms with Gasteiger partial charge in [-0.25, -0.2) is 24.5 Å².